The van der Waals surface area contributed by atoms with Gasteiger partial charge in [0.05, 0.1) is 25.3 Å². The summed E-state index contributed by atoms with van der Waals surface area (Å²) in [6.07, 6.45) is 7.75. The SMILES string of the molecule is CCC(C1CCC1)n1c(=O)c(C)nc2c(-c3cnc(OC)nc3OC)nccc21. The van der Waals surface area contributed by atoms with Gasteiger partial charge in [-0.15, -0.1) is 0 Å². The first-order valence-corrected chi connectivity index (χ1v) is 9.92. The number of ether oxygens (including phenoxy) is 2. The molecule has 8 heteroatoms. The maximum atomic E-state index is 13.1. The molecule has 0 amide bonds. The lowest BCUT2D eigenvalue weighted by Gasteiger charge is -2.35. The van der Waals surface area contributed by atoms with Crippen LogP contribution in [-0.4, -0.2) is 38.7 Å². The second-order valence-corrected chi connectivity index (χ2v) is 7.35. The van der Waals surface area contributed by atoms with Crippen molar-refractivity contribution in [2.45, 2.75) is 45.6 Å². The molecule has 1 aliphatic rings. The van der Waals surface area contributed by atoms with Gasteiger partial charge in [-0.05, 0) is 38.2 Å². The van der Waals surface area contributed by atoms with Gasteiger partial charge in [0.1, 0.15) is 16.9 Å². The van der Waals surface area contributed by atoms with Crippen LogP contribution < -0.4 is 15.0 Å². The Labute approximate surface area is 169 Å². The maximum absolute atomic E-state index is 13.1. The molecule has 0 N–H and O–H groups in total. The third kappa shape index (κ3) is 3.22. The average Bonchev–Trinajstić information content (AvgIpc) is 2.71. The molecular weight excluding hydrogens is 370 g/mol. The van der Waals surface area contributed by atoms with Gasteiger partial charge in [0.2, 0.25) is 5.88 Å². The zero-order valence-corrected chi connectivity index (χ0v) is 17.2. The number of pyridine rings is 1. The standard InChI is InChI=1S/C21H25N5O3/c1-5-15(13-7-6-8-13)26-16-9-10-22-17(18(16)24-12(2)20(26)27)14-11-23-21(29-4)25-19(14)28-3/h9-11,13,15H,5-8H2,1-4H3. The highest BCUT2D eigenvalue weighted by Gasteiger charge is 2.30. The van der Waals surface area contributed by atoms with Crippen LogP contribution in [0.5, 0.6) is 11.9 Å². The Bertz CT molecular complexity index is 1110. The zero-order chi connectivity index (χ0) is 20.5. The molecule has 8 nitrogen and oxygen atoms in total. The largest absolute Gasteiger partial charge is 0.480 e. The Morgan fingerprint density at radius 2 is 2.00 bits per heavy atom. The maximum Gasteiger partial charge on any atom is 0.319 e. The average molecular weight is 395 g/mol. The van der Waals surface area contributed by atoms with Crippen molar-refractivity contribution in [3.05, 3.63) is 34.5 Å². The summed E-state index contributed by atoms with van der Waals surface area (Å²) in [7, 11) is 3.04. The van der Waals surface area contributed by atoms with E-state index in [4.69, 9.17) is 9.47 Å². The number of aryl methyl sites for hydroxylation is 1. The molecule has 3 heterocycles. The van der Waals surface area contributed by atoms with E-state index >= 15 is 0 Å². The fraction of sp³-hybridized carbons (Fsp3) is 0.476. The summed E-state index contributed by atoms with van der Waals surface area (Å²) in [5.74, 6) is 0.873. The van der Waals surface area contributed by atoms with E-state index in [0.29, 0.717) is 34.3 Å². The molecule has 0 bridgehead atoms. The van der Waals surface area contributed by atoms with E-state index < -0.39 is 0 Å². The monoisotopic (exact) mass is 395 g/mol. The van der Waals surface area contributed by atoms with Gasteiger partial charge in [0, 0.05) is 18.4 Å². The highest BCUT2D eigenvalue weighted by atomic mass is 16.5. The molecule has 3 aromatic rings. The van der Waals surface area contributed by atoms with Crippen LogP contribution in [0, 0.1) is 12.8 Å². The first kappa shape index (κ1) is 19.3. The van der Waals surface area contributed by atoms with E-state index in [0.717, 1.165) is 24.8 Å². The lowest BCUT2D eigenvalue weighted by Crippen LogP contribution is -2.34. The fourth-order valence-corrected chi connectivity index (χ4v) is 4.09. The second-order valence-electron chi connectivity index (χ2n) is 7.35. The Balaban J connectivity index is 1.98. The number of hydrogen-bond acceptors (Lipinski definition) is 7. The minimum atomic E-state index is -0.0358. The first-order valence-electron chi connectivity index (χ1n) is 9.92. The zero-order valence-electron chi connectivity index (χ0n) is 17.2. The number of nitrogens with zero attached hydrogens (tertiary/aromatic N) is 5. The molecule has 1 saturated carbocycles. The molecule has 1 unspecified atom stereocenters. The van der Waals surface area contributed by atoms with Crippen molar-refractivity contribution < 1.29 is 9.47 Å². The highest BCUT2D eigenvalue weighted by Crippen LogP contribution is 2.39. The van der Waals surface area contributed by atoms with Crippen LogP contribution in [0.2, 0.25) is 0 Å². The highest BCUT2D eigenvalue weighted by molar-refractivity contribution is 5.90. The molecule has 0 saturated heterocycles. The van der Waals surface area contributed by atoms with Crippen LogP contribution in [0.4, 0.5) is 0 Å². The molecule has 0 aliphatic heterocycles. The molecule has 0 radical (unpaired) electrons. The van der Waals surface area contributed by atoms with Crippen molar-refractivity contribution in [2.24, 2.45) is 5.92 Å². The smallest absolute Gasteiger partial charge is 0.319 e. The molecule has 152 valence electrons. The lowest BCUT2D eigenvalue weighted by atomic mass is 9.78. The number of fused-ring (bicyclic) bond motifs is 1. The van der Waals surface area contributed by atoms with E-state index in [1.165, 1.54) is 20.6 Å². The summed E-state index contributed by atoms with van der Waals surface area (Å²) in [6, 6.07) is 2.23. The van der Waals surface area contributed by atoms with Gasteiger partial charge in [-0.25, -0.2) is 9.97 Å². The minimum Gasteiger partial charge on any atom is -0.480 e. The van der Waals surface area contributed by atoms with Crippen molar-refractivity contribution in [1.29, 1.82) is 0 Å². The number of hydrogen-bond donors (Lipinski definition) is 0. The van der Waals surface area contributed by atoms with Crippen LogP contribution in [0.25, 0.3) is 22.3 Å². The molecule has 0 aromatic carbocycles. The molecule has 29 heavy (non-hydrogen) atoms. The minimum absolute atomic E-state index is 0.0358. The van der Waals surface area contributed by atoms with Crippen molar-refractivity contribution in [1.82, 2.24) is 24.5 Å². The topological polar surface area (TPSA) is 92.0 Å². The van der Waals surface area contributed by atoms with Crippen LogP contribution >= 0.6 is 0 Å². The summed E-state index contributed by atoms with van der Waals surface area (Å²) in [4.78, 5) is 30.7. The summed E-state index contributed by atoms with van der Waals surface area (Å²) >= 11 is 0. The Morgan fingerprint density at radius 3 is 2.62 bits per heavy atom. The molecule has 1 aliphatic carbocycles. The van der Waals surface area contributed by atoms with E-state index in [-0.39, 0.29) is 17.6 Å². The lowest BCUT2D eigenvalue weighted by molar-refractivity contribution is 0.203. The third-order valence-electron chi connectivity index (χ3n) is 5.78. The summed E-state index contributed by atoms with van der Waals surface area (Å²) in [5, 5.41) is 0. The van der Waals surface area contributed by atoms with Gasteiger partial charge in [0.15, 0.2) is 0 Å². The van der Waals surface area contributed by atoms with Gasteiger partial charge in [-0.3, -0.25) is 9.78 Å². The summed E-state index contributed by atoms with van der Waals surface area (Å²) in [6.45, 7) is 3.89. The van der Waals surface area contributed by atoms with E-state index in [1.54, 1.807) is 19.3 Å². The van der Waals surface area contributed by atoms with Crippen LogP contribution in [-0.2, 0) is 0 Å². The van der Waals surface area contributed by atoms with E-state index in [2.05, 4.69) is 26.9 Å². The van der Waals surface area contributed by atoms with Gasteiger partial charge in [0.25, 0.3) is 5.56 Å². The normalized spacial score (nSPS) is 15.2. The second kappa shape index (κ2) is 7.77. The third-order valence-corrected chi connectivity index (χ3v) is 5.78. The van der Waals surface area contributed by atoms with Crippen LogP contribution in [0.1, 0.15) is 44.3 Å². The fourth-order valence-electron chi connectivity index (χ4n) is 4.09. The Kier molecular flexibility index (Phi) is 5.17. The van der Waals surface area contributed by atoms with Gasteiger partial charge in [-0.1, -0.05) is 13.3 Å². The Hall–Kier alpha value is -3.03. The van der Waals surface area contributed by atoms with Gasteiger partial charge in [-0.2, -0.15) is 4.98 Å². The number of aromatic nitrogens is 5. The van der Waals surface area contributed by atoms with Crippen molar-refractivity contribution >= 4 is 11.0 Å². The quantitative estimate of drug-likeness (QED) is 0.632. The molecule has 1 atom stereocenters. The molecule has 1 fully saturated rings. The van der Waals surface area contributed by atoms with E-state index in [9.17, 15) is 4.79 Å². The predicted molar refractivity (Wildman–Crippen MR) is 109 cm³/mol. The predicted octanol–water partition coefficient (Wildman–Crippen LogP) is 3.33. The van der Waals surface area contributed by atoms with Crippen molar-refractivity contribution in [3.63, 3.8) is 0 Å². The Morgan fingerprint density at radius 1 is 1.21 bits per heavy atom. The van der Waals surface area contributed by atoms with Gasteiger partial charge >= 0.3 is 6.01 Å². The van der Waals surface area contributed by atoms with Crippen molar-refractivity contribution in [2.75, 3.05) is 14.2 Å². The van der Waals surface area contributed by atoms with E-state index in [1.807, 2.05) is 10.6 Å². The molecule has 4 rings (SSSR count). The van der Waals surface area contributed by atoms with Crippen LogP contribution in [0.3, 0.4) is 0 Å². The van der Waals surface area contributed by atoms with Gasteiger partial charge < -0.3 is 14.0 Å². The summed E-state index contributed by atoms with van der Waals surface area (Å²) < 4.78 is 12.5. The molecule has 3 aromatic heterocycles. The summed E-state index contributed by atoms with van der Waals surface area (Å²) in [5.41, 5.74) is 3.04. The van der Waals surface area contributed by atoms with Crippen LogP contribution in [0.15, 0.2) is 23.3 Å². The van der Waals surface area contributed by atoms with Crippen molar-refractivity contribution in [3.8, 4) is 23.1 Å². The molecular formula is C21H25N5O3. The first-order chi connectivity index (χ1) is 14.1. The number of methoxy groups -OCH3 is 2. The molecule has 0 spiro atoms. The number of rotatable bonds is 6.